The lowest BCUT2D eigenvalue weighted by Gasteiger charge is -2.19. The van der Waals surface area contributed by atoms with Crippen LogP contribution in [0.25, 0.3) is 0 Å². The predicted molar refractivity (Wildman–Crippen MR) is 55.6 cm³/mol. The van der Waals surface area contributed by atoms with Crippen LogP contribution in [0.5, 0.6) is 0 Å². The minimum Gasteiger partial charge on any atom is -0.389 e. The van der Waals surface area contributed by atoms with Gasteiger partial charge in [-0.1, -0.05) is 30.0 Å². The van der Waals surface area contributed by atoms with Crippen LogP contribution in [0.1, 0.15) is 19.4 Å². The van der Waals surface area contributed by atoms with E-state index in [1.807, 2.05) is 30.3 Å². The quantitative estimate of drug-likeness (QED) is 0.653. The zero-order valence-corrected chi connectivity index (χ0v) is 8.36. The summed E-state index contributed by atoms with van der Waals surface area (Å²) in [6.07, 6.45) is -0.862. The van der Waals surface area contributed by atoms with E-state index in [9.17, 15) is 10.2 Å². The summed E-state index contributed by atoms with van der Waals surface area (Å²) in [6.45, 7) is 3.01. The van der Waals surface area contributed by atoms with Crippen molar-refractivity contribution in [1.82, 2.24) is 0 Å². The third-order valence-corrected chi connectivity index (χ3v) is 2.05. The standard InChI is InChI=1S/C12H14O2/c1-10(13)12(2,14)9-8-11-6-4-3-5-7-11/h3-7,10,13-14H,1-2H3/t10-,12+/m1/s1. The lowest BCUT2D eigenvalue weighted by molar-refractivity contribution is -0.00786. The second-order valence-corrected chi connectivity index (χ2v) is 3.44. The zero-order chi connectivity index (χ0) is 10.6. The van der Waals surface area contributed by atoms with Crippen LogP contribution in [-0.4, -0.2) is 21.9 Å². The summed E-state index contributed by atoms with van der Waals surface area (Å²) >= 11 is 0. The summed E-state index contributed by atoms with van der Waals surface area (Å²) in [6, 6.07) is 9.36. The van der Waals surface area contributed by atoms with E-state index in [1.165, 1.54) is 13.8 Å². The molecule has 0 aromatic heterocycles. The molecule has 0 amide bonds. The van der Waals surface area contributed by atoms with Crippen molar-refractivity contribution in [2.75, 3.05) is 0 Å². The molecule has 0 heterocycles. The molecule has 0 aliphatic carbocycles. The van der Waals surface area contributed by atoms with Crippen LogP contribution in [0, 0.1) is 11.8 Å². The van der Waals surface area contributed by atoms with Gasteiger partial charge in [0.05, 0.1) is 6.10 Å². The average Bonchev–Trinajstić information content (AvgIpc) is 2.16. The fourth-order valence-electron chi connectivity index (χ4n) is 0.825. The summed E-state index contributed by atoms with van der Waals surface area (Å²) in [5.41, 5.74) is -0.524. The summed E-state index contributed by atoms with van der Waals surface area (Å²) in [7, 11) is 0. The molecule has 0 fully saturated rings. The Kier molecular flexibility index (Phi) is 3.29. The van der Waals surface area contributed by atoms with Crippen LogP contribution in [0.3, 0.4) is 0 Å². The molecule has 0 bridgehead atoms. The SMILES string of the molecule is C[C@@H](O)[C@@](C)(O)C#Cc1ccccc1. The maximum absolute atomic E-state index is 9.63. The molecule has 2 N–H and O–H groups in total. The highest BCUT2D eigenvalue weighted by Crippen LogP contribution is 2.07. The molecule has 0 aliphatic heterocycles. The first-order valence-electron chi connectivity index (χ1n) is 4.51. The predicted octanol–water partition coefficient (Wildman–Crippen LogP) is 1.17. The van der Waals surface area contributed by atoms with Crippen molar-refractivity contribution in [2.45, 2.75) is 25.6 Å². The fourth-order valence-corrected chi connectivity index (χ4v) is 0.825. The van der Waals surface area contributed by atoms with E-state index in [4.69, 9.17) is 0 Å². The number of aliphatic hydroxyl groups excluding tert-OH is 1. The van der Waals surface area contributed by atoms with Crippen molar-refractivity contribution in [3.8, 4) is 11.8 Å². The first-order valence-corrected chi connectivity index (χ1v) is 4.51. The maximum Gasteiger partial charge on any atom is 0.148 e. The van der Waals surface area contributed by atoms with Gasteiger partial charge in [0.15, 0.2) is 0 Å². The van der Waals surface area contributed by atoms with Crippen LogP contribution in [-0.2, 0) is 0 Å². The van der Waals surface area contributed by atoms with Gasteiger partial charge >= 0.3 is 0 Å². The van der Waals surface area contributed by atoms with Crippen molar-refractivity contribution in [2.24, 2.45) is 0 Å². The van der Waals surface area contributed by atoms with Crippen LogP contribution >= 0.6 is 0 Å². The lowest BCUT2D eigenvalue weighted by atomic mass is 10.0. The van der Waals surface area contributed by atoms with Crippen molar-refractivity contribution in [1.29, 1.82) is 0 Å². The summed E-state index contributed by atoms with van der Waals surface area (Å²) in [5, 5.41) is 18.8. The third-order valence-electron chi connectivity index (χ3n) is 2.05. The monoisotopic (exact) mass is 190 g/mol. The van der Waals surface area contributed by atoms with Crippen LogP contribution < -0.4 is 0 Å². The third kappa shape index (κ3) is 2.88. The number of hydrogen-bond donors (Lipinski definition) is 2. The van der Waals surface area contributed by atoms with Crippen LogP contribution in [0.2, 0.25) is 0 Å². The lowest BCUT2D eigenvalue weighted by Crippen LogP contribution is -2.35. The molecule has 0 spiro atoms. The van der Waals surface area contributed by atoms with Gasteiger partial charge in [0.25, 0.3) is 0 Å². The Labute approximate surface area is 84.2 Å². The summed E-state index contributed by atoms with van der Waals surface area (Å²) in [5.74, 6) is 5.44. The molecule has 2 heteroatoms. The van der Waals surface area contributed by atoms with Crippen molar-refractivity contribution in [3.05, 3.63) is 35.9 Å². The van der Waals surface area contributed by atoms with Crippen molar-refractivity contribution in [3.63, 3.8) is 0 Å². The Bertz CT molecular complexity index is 342. The molecule has 2 atom stereocenters. The highest BCUT2D eigenvalue weighted by atomic mass is 16.3. The molecule has 0 aliphatic rings. The number of benzene rings is 1. The largest absolute Gasteiger partial charge is 0.389 e. The van der Waals surface area contributed by atoms with E-state index in [2.05, 4.69) is 11.8 Å². The number of rotatable bonds is 1. The minimum absolute atomic E-state index is 0.827. The molecule has 74 valence electrons. The van der Waals surface area contributed by atoms with E-state index in [0.717, 1.165) is 5.56 Å². The smallest absolute Gasteiger partial charge is 0.148 e. The fraction of sp³-hybridized carbons (Fsp3) is 0.333. The van der Waals surface area contributed by atoms with E-state index in [1.54, 1.807) is 0 Å². The normalized spacial score (nSPS) is 16.3. The van der Waals surface area contributed by atoms with Gasteiger partial charge in [-0.25, -0.2) is 0 Å². The summed E-state index contributed by atoms with van der Waals surface area (Å²) in [4.78, 5) is 0. The van der Waals surface area contributed by atoms with Crippen molar-refractivity contribution < 1.29 is 10.2 Å². The van der Waals surface area contributed by atoms with Crippen LogP contribution in [0.4, 0.5) is 0 Å². The molecule has 1 aromatic rings. The molecule has 1 rings (SSSR count). The molecule has 0 saturated heterocycles. The molecule has 0 unspecified atom stereocenters. The van der Waals surface area contributed by atoms with Crippen molar-refractivity contribution >= 4 is 0 Å². The Balaban J connectivity index is 2.83. The Morgan fingerprint density at radius 2 is 1.86 bits per heavy atom. The topological polar surface area (TPSA) is 40.5 Å². The van der Waals surface area contributed by atoms with Gasteiger partial charge in [-0.2, -0.15) is 0 Å². The molecule has 0 saturated carbocycles. The van der Waals surface area contributed by atoms with E-state index in [-0.39, 0.29) is 0 Å². The molecular weight excluding hydrogens is 176 g/mol. The first-order chi connectivity index (χ1) is 6.52. The molecule has 0 radical (unpaired) electrons. The van der Waals surface area contributed by atoms with Gasteiger partial charge in [0.1, 0.15) is 5.60 Å². The highest BCUT2D eigenvalue weighted by molar-refractivity contribution is 5.35. The maximum atomic E-state index is 9.63. The Morgan fingerprint density at radius 1 is 1.29 bits per heavy atom. The van der Waals surface area contributed by atoms with Gasteiger partial charge < -0.3 is 10.2 Å². The van der Waals surface area contributed by atoms with Gasteiger partial charge in [-0.05, 0) is 26.0 Å². The second kappa shape index (κ2) is 4.28. The highest BCUT2D eigenvalue weighted by Gasteiger charge is 2.23. The molecule has 1 aromatic carbocycles. The average molecular weight is 190 g/mol. The van der Waals surface area contributed by atoms with Gasteiger partial charge in [-0.3, -0.25) is 0 Å². The van der Waals surface area contributed by atoms with Gasteiger partial charge in [0, 0.05) is 5.56 Å². The molecular formula is C12H14O2. The second-order valence-electron chi connectivity index (χ2n) is 3.44. The first kappa shape index (κ1) is 10.8. The van der Waals surface area contributed by atoms with E-state index < -0.39 is 11.7 Å². The molecule has 14 heavy (non-hydrogen) atoms. The Morgan fingerprint density at radius 3 is 2.36 bits per heavy atom. The number of hydrogen-bond acceptors (Lipinski definition) is 2. The molecule has 2 nitrogen and oxygen atoms in total. The van der Waals surface area contributed by atoms with Gasteiger partial charge in [-0.15, -0.1) is 0 Å². The Hall–Kier alpha value is -1.30. The van der Waals surface area contributed by atoms with E-state index >= 15 is 0 Å². The minimum atomic E-state index is -1.35. The summed E-state index contributed by atoms with van der Waals surface area (Å²) < 4.78 is 0. The van der Waals surface area contributed by atoms with E-state index in [0.29, 0.717) is 0 Å². The number of aliphatic hydroxyl groups is 2. The zero-order valence-electron chi connectivity index (χ0n) is 8.36. The van der Waals surface area contributed by atoms with Crippen LogP contribution in [0.15, 0.2) is 30.3 Å². The van der Waals surface area contributed by atoms with Gasteiger partial charge in [0.2, 0.25) is 0 Å².